The zero-order valence-corrected chi connectivity index (χ0v) is 11.2. The molecule has 3 nitrogen and oxygen atoms in total. The van der Waals surface area contributed by atoms with Crippen LogP contribution < -0.4 is 4.74 Å². The van der Waals surface area contributed by atoms with Crippen LogP contribution in [0.5, 0.6) is 5.75 Å². The fraction of sp³-hybridized carbons (Fsp3) is 0.571. The highest BCUT2D eigenvalue weighted by Gasteiger charge is 2.15. The Morgan fingerprint density at radius 1 is 1.44 bits per heavy atom. The molecule has 0 spiro atoms. The summed E-state index contributed by atoms with van der Waals surface area (Å²) in [6.07, 6.45) is 6.42. The van der Waals surface area contributed by atoms with Crippen molar-refractivity contribution in [3.63, 3.8) is 0 Å². The van der Waals surface area contributed by atoms with E-state index in [9.17, 15) is 4.79 Å². The first-order valence-electron chi connectivity index (χ1n) is 6.41. The lowest BCUT2D eigenvalue weighted by atomic mass is 9.90. The van der Waals surface area contributed by atoms with Crippen molar-refractivity contribution >= 4 is 17.1 Å². The summed E-state index contributed by atoms with van der Waals surface area (Å²) in [6, 6.07) is 3.63. The standard InChI is InChI=1S/C14H17NO2S/c15-7-6-13(16)14-8-12(10-18-14)17-9-11-4-2-1-3-5-11/h8,10-11H,1-6,9H2. The van der Waals surface area contributed by atoms with Crippen molar-refractivity contribution in [1.29, 1.82) is 5.26 Å². The fourth-order valence-electron chi connectivity index (χ4n) is 2.27. The number of carbonyl (C=O) groups excluding carboxylic acids is 1. The molecule has 1 aliphatic carbocycles. The number of hydrogen-bond acceptors (Lipinski definition) is 4. The molecular formula is C14H17NO2S. The minimum absolute atomic E-state index is 0.0530. The molecule has 4 heteroatoms. The van der Waals surface area contributed by atoms with Crippen molar-refractivity contribution < 1.29 is 9.53 Å². The molecule has 1 aliphatic rings. The van der Waals surface area contributed by atoms with Crippen LogP contribution in [0, 0.1) is 17.2 Å². The van der Waals surface area contributed by atoms with Gasteiger partial charge in [0.2, 0.25) is 0 Å². The third-order valence-corrected chi connectivity index (χ3v) is 4.25. The van der Waals surface area contributed by atoms with Gasteiger partial charge in [-0.05, 0) is 18.8 Å². The van der Waals surface area contributed by atoms with Crippen LogP contribution in [0.25, 0.3) is 0 Å². The van der Waals surface area contributed by atoms with Crippen LogP contribution in [0.2, 0.25) is 0 Å². The van der Waals surface area contributed by atoms with E-state index in [0.29, 0.717) is 10.8 Å². The molecule has 0 saturated heterocycles. The van der Waals surface area contributed by atoms with Gasteiger partial charge in [-0.3, -0.25) is 4.79 Å². The quantitative estimate of drug-likeness (QED) is 0.759. The van der Waals surface area contributed by atoms with E-state index in [1.165, 1.54) is 43.4 Å². The number of nitrogens with zero attached hydrogens (tertiary/aromatic N) is 1. The molecule has 1 heterocycles. The molecule has 18 heavy (non-hydrogen) atoms. The number of carbonyl (C=O) groups is 1. The molecule has 2 rings (SSSR count). The van der Waals surface area contributed by atoms with Gasteiger partial charge in [-0.25, -0.2) is 0 Å². The summed E-state index contributed by atoms with van der Waals surface area (Å²) in [7, 11) is 0. The molecule has 1 fully saturated rings. The average molecular weight is 263 g/mol. The Morgan fingerprint density at radius 2 is 2.22 bits per heavy atom. The number of ketones is 1. The zero-order chi connectivity index (χ0) is 12.8. The SMILES string of the molecule is N#CCC(=O)c1cc(OCC2CCCCC2)cs1. The molecule has 1 saturated carbocycles. The number of hydrogen-bond donors (Lipinski definition) is 0. The second-order valence-electron chi connectivity index (χ2n) is 4.72. The Labute approximate surface area is 111 Å². The van der Waals surface area contributed by atoms with Crippen LogP contribution >= 0.6 is 11.3 Å². The summed E-state index contributed by atoms with van der Waals surface area (Å²) in [4.78, 5) is 12.1. The normalized spacial score (nSPS) is 16.2. The summed E-state index contributed by atoms with van der Waals surface area (Å²) in [5, 5.41) is 10.3. The molecule has 0 aliphatic heterocycles. The first-order chi connectivity index (χ1) is 8.79. The summed E-state index contributed by atoms with van der Waals surface area (Å²) >= 11 is 1.36. The Kier molecular flexibility index (Phi) is 4.77. The van der Waals surface area contributed by atoms with Gasteiger partial charge in [0.1, 0.15) is 5.75 Å². The largest absolute Gasteiger partial charge is 0.492 e. The third kappa shape index (κ3) is 3.58. The first-order valence-corrected chi connectivity index (χ1v) is 7.29. The van der Waals surface area contributed by atoms with Gasteiger partial charge in [-0.15, -0.1) is 11.3 Å². The van der Waals surface area contributed by atoms with Crippen molar-refractivity contribution in [3.05, 3.63) is 16.3 Å². The smallest absolute Gasteiger partial charge is 0.186 e. The minimum atomic E-state index is -0.116. The van der Waals surface area contributed by atoms with Gasteiger partial charge in [0.05, 0.1) is 24.0 Å². The predicted octanol–water partition coefficient (Wildman–Crippen LogP) is 3.80. The Balaban J connectivity index is 1.83. The highest BCUT2D eigenvalue weighted by Crippen LogP contribution is 2.27. The lowest BCUT2D eigenvalue weighted by Gasteiger charge is -2.21. The van der Waals surface area contributed by atoms with Gasteiger partial charge in [-0.1, -0.05) is 19.3 Å². The van der Waals surface area contributed by atoms with Crippen molar-refractivity contribution in [2.24, 2.45) is 5.92 Å². The highest BCUT2D eigenvalue weighted by molar-refractivity contribution is 7.12. The number of ether oxygens (including phenoxy) is 1. The van der Waals surface area contributed by atoms with Gasteiger partial charge >= 0.3 is 0 Å². The Bertz CT molecular complexity index is 441. The predicted molar refractivity (Wildman–Crippen MR) is 70.9 cm³/mol. The van der Waals surface area contributed by atoms with Crippen molar-refractivity contribution in [2.45, 2.75) is 38.5 Å². The van der Waals surface area contributed by atoms with Gasteiger partial charge in [-0.2, -0.15) is 5.26 Å². The van der Waals surface area contributed by atoms with Crippen LogP contribution in [0.1, 0.15) is 48.2 Å². The van der Waals surface area contributed by atoms with E-state index in [0.717, 1.165) is 12.4 Å². The maximum Gasteiger partial charge on any atom is 0.186 e. The summed E-state index contributed by atoms with van der Waals surface area (Å²) in [5.74, 6) is 1.32. The molecule has 1 aromatic rings. The second kappa shape index (κ2) is 6.55. The average Bonchev–Trinajstić information content (AvgIpc) is 2.87. The monoisotopic (exact) mass is 263 g/mol. The maximum absolute atomic E-state index is 11.5. The molecule has 1 aromatic heterocycles. The van der Waals surface area contributed by atoms with E-state index in [2.05, 4.69) is 0 Å². The van der Waals surface area contributed by atoms with Gasteiger partial charge in [0.25, 0.3) is 0 Å². The molecule has 0 radical (unpaired) electrons. The van der Waals surface area contributed by atoms with E-state index in [1.807, 2.05) is 11.4 Å². The van der Waals surface area contributed by atoms with Crippen molar-refractivity contribution in [1.82, 2.24) is 0 Å². The van der Waals surface area contributed by atoms with E-state index in [1.54, 1.807) is 6.07 Å². The molecule has 0 atom stereocenters. The van der Waals surface area contributed by atoms with Crippen LogP contribution in [0.3, 0.4) is 0 Å². The lowest BCUT2D eigenvalue weighted by Crippen LogP contribution is -2.14. The summed E-state index contributed by atoms with van der Waals surface area (Å²) in [6.45, 7) is 0.753. The van der Waals surface area contributed by atoms with Crippen LogP contribution in [0.15, 0.2) is 11.4 Å². The van der Waals surface area contributed by atoms with E-state index >= 15 is 0 Å². The van der Waals surface area contributed by atoms with Crippen LogP contribution in [0.4, 0.5) is 0 Å². The van der Waals surface area contributed by atoms with Crippen LogP contribution in [-0.2, 0) is 0 Å². The summed E-state index contributed by atoms with van der Waals surface area (Å²) in [5.41, 5.74) is 0. The Hall–Kier alpha value is -1.34. The molecule has 0 bridgehead atoms. The number of rotatable bonds is 5. The molecule has 0 aromatic carbocycles. The van der Waals surface area contributed by atoms with Gasteiger partial charge in [0.15, 0.2) is 5.78 Å². The van der Waals surface area contributed by atoms with E-state index in [-0.39, 0.29) is 12.2 Å². The molecule has 96 valence electrons. The maximum atomic E-state index is 11.5. The van der Waals surface area contributed by atoms with Gasteiger partial charge in [0, 0.05) is 11.4 Å². The van der Waals surface area contributed by atoms with E-state index < -0.39 is 0 Å². The zero-order valence-electron chi connectivity index (χ0n) is 10.4. The van der Waals surface area contributed by atoms with Gasteiger partial charge < -0.3 is 4.74 Å². The molecule has 0 unspecified atom stereocenters. The van der Waals surface area contributed by atoms with Crippen molar-refractivity contribution in [3.8, 4) is 11.8 Å². The number of Topliss-reactive ketones (excluding diaryl/α,β-unsaturated/α-hetero) is 1. The fourth-order valence-corrected chi connectivity index (χ4v) is 3.03. The van der Waals surface area contributed by atoms with E-state index in [4.69, 9.17) is 10.00 Å². The number of thiophene rings is 1. The lowest BCUT2D eigenvalue weighted by molar-refractivity contribution is 0.100. The summed E-state index contributed by atoms with van der Waals surface area (Å²) < 4.78 is 5.73. The topological polar surface area (TPSA) is 50.1 Å². The first kappa shape index (κ1) is 13.1. The second-order valence-corrected chi connectivity index (χ2v) is 5.63. The molecule has 0 N–H and O–H groups in total. The molecule has 0 amide bonds. The minimum Gasteiger partial charge on any atom is -0.492 e. The highest BCUT2D eigenvalue weighted by atomic mass is 32.1. The third-order valence-electron chi connectivity index (χ3n) is 3.30. The Morgan fingerprint density at radius 3 is 2.94 bits per heavy atom. The van der Waals surface area contributed by atoms with Crippen molar-refractivity contribution in [2.75, 3.05) is 6.61 Å². The molecular weight excluding hydrogens is 246 g/mol. The van der Waals surface area contributed by atoms with Crippen LogP contribution in [-0.4, -0.2) is 12.4 Å². The number of nitriles is 1.